The fraction of sp³-hybridized carbons (Fsp3) is 0.174. The number of hydrogen-bond donors (Lipinski definition) is 1. The highest BCUT2D eigenvalue weighted by Crippen LogP contribution is 2.30. The largest absolute Gasteiger partial charge is 0.325 e. The van der Waals surface area contributed by atoms with Crippen LogP contribution < -0.4 is 5.32 Å². The number of amides is 1. The summed E-state index contributed by atoms with van der Waals surface area (Å²) in [6, 6.07) is 12.2. The molecule has 4 aromatic rings. The van der Waals surface area contributed by atoms with Crippen LogP contribution in [0.4, 0.5) is 10.1 Å². The maximum absolute atomic E-state index is 14.2. The van der Waals surface area contributed by atoms with Crippen molar-refractivity contribution in [3.63, 3.8) is 0 Å². The summed E-state index contributed by atoms with van der Waals surface area (Å²) in [4.78, 5) is 21.6. The van der Waals surface area contributed by atoms with E-state index in [4.69, 9.17) is 11.6 Å². The molecule has 0 unspecified atom stereocenters. The minimum atomic E-state index is -0.364. The van der Waals surface area contributed by atoms with Gasteiger partial charge in [0.2, 0.25) is 5.91 Å². The molecule has 0 aliphatic rings. The van der Waals surface area contributed by atoms with Gasteiger partial charge in [-0.2, -0.15) is 0 Å². The number of halogens is 2. The standard InChI is InChI=1S/C23H20ClFN4OS/c1-14-6-7-16(10-15(14)2)27-22(30)12-29-21-11-26-9-8-20(21)28-23(29)31-13-17-18(24)4-3-5-19(17)25/h3-11H,12-13H2,1-2H3,(H,27,30). The van der Waals surface area contributed by atoms with Gasteiger partial charge in [-0.15, -0.1) is 0 Å². The summed E-state index contributed by atoms with van der Waals surface area (Å²) in [7, 11) is 0. The first-order chi connectivity index (χ1) is 14.9. The number of pyridine rings is 1. The molecular formula is C23H20ClFN4OS. The number of nitrogens with zero attached hydrogens (tertiary/aromatic N) is 3. The van der Waals surface area contributed by atoms with E-state index in [-0.39, 0.29) is 18.3 Å². The average molecular weight is 455 g/mol. The minimum absolute atomic E-state index is 0.0580. The highest BCUT2D eigenvalue weighted by molar-refractivity contribution is 7.98. The molecule has 0 fully saturated rings. The van der Waals surface area contributed by atoms with E-state index in [0.717, 1.165) is 27.8 Å². The zero-order valence-corrected chi connectivity index (χ0v) is 18.6. The molecular weight excluding hydrogens is 435 g/mol. The lowest BCUT2D eigenvalue weighted by Gasteiger charge is -2.11. The molecule has 1 N–H and O–H groups in total. The van der Waals surface area contributed by atoms with Gasteiger partial charge in [0.15, 0.2) is 5.16 Å². The smallest absolute Gasteiger partial charge is 0.244 e. The number of nitrogens with one attached hydrogen (secondary N) is 1. The number of carbonyl (C=O) groups is 1. The van der Waals surface area contributed by atoms with Crippen molar-refractivity contribution < 1.29 is 9.18 Å². The summed E-state index contributed by atoms with van der Waals surface area (Å²) >= 11 is 7.48. The lowest BCUT2D eigenvalue weighted by atomic mass is 10.1. The number of carbonyl (C=O) groups excluding carboxylic acids is 1. The van der Waals surface area contributed by atoms with Crippen LogP contribution in [0.1, 0.15) is 16.7 Å². The molecule has 158 valence electrons. The maximum atomic E-state index is 14.2. The number of fused-ring (bicyclic) bond motifs is 1. The van der Waals surface area contributed by atoms with Gasteiger partial charge in [0.1, 0.15) is 12.4 Å². The number of aromatic nitrogens is 3. The van der Waals surface area contributed by atoms with E-state index < -0.39 is 0 Å². The number of rotatable bonds is 6. The number of hydrogen-bond acceptors (Lipinski definition) is 4. The van der Waals surface area contributed by atoms with E-state index in [1.165, 1.54) is 17.8 Å². The van der Waals surface area contributed by atoms with Crippen molar-refractivity contribution in [2.24, 2.45) is 0 Å². The molecule has 0 aliphatic heterocycles. The fourth-order valence-electron chi connectivity index (χ4n) is 3.18. The first-order valence-corrected chi connectivity index (χ1v) is 11.0. The second kappa shape index (κ2) is 9.08. The molecule has 2 aromatic heterocycles. The quantitative estimate of drug-likeness (QED) is 0.375. The number of anilines is 1. The Hall–Kier alpha value is -2.90. The van der Waals surface area contributed by atoms with Gasteiger partial charge in [0, 0.05) is 28.2 Å². The van der Waals surface area contributed by atoms with Crippen LogP contribution in [0.5, 0.6) is 0 Å². The third-order valence-corrected chi connectivity index (χ3v) is 6.37. The summed E-state index contributed by atoms with van der Waals surface area (Å²) in [5.41, 5.74) is 4.87. The monoisotopic (exact) mass is 454 g/mol. The predicted molar refractivity (Wildman–Crippen MR) is 123 cm³/mol. The normalized spacial score (nSPS) is 11.1. The van der Waals surface area contributed by atoms with Gasteiger partial charge in [-0.3, -0.25) is 9.78 Å². The molecule has 5 nitrogen and oxygen atoms in total. The SMILES string of the molecule is Cc1ccc(NC(=O)Cn2c(SCc3c(F)cccc3Cl)nc3ccncc32)cc1C. The third kappa shape index (κ3) is 4.73. The minimum Gasteiger partial charge on any atom is -0.325 e. The Morgan fingerprint density at radius 1 is 1.19 bits per heavy atom. The van der Waals surface area contributed by atoms with Crippen molar-refractivity contribution >= 4 is 46.0 Å². The number of imidazole rings is 1. The topological polar surface area (TPSA) is 59.8 Å². The molecule has 2 heterocycles. The highest BCUT2D eigenvalue weighted by atomic mass is 35.5. The Morgan fingerprint density at radius 3 is 2.81 bits per heavy atom. The molecule has 2 aromatic carbocycles. The van der Waals surface area contributed by atoms with Crippen molar-refractivity contribution in [2.45, 2.75) is 31.3 Å². The van der Waals surface area contributed by atoms with E-state index in [1.54, 1.807) is 35.2 Å². The van der Waals surface area contributed by atoms with Crippen LogP contribution in [-0.2, 0) is 17.1 Å². The first-order valence-electron chi connectivity index (χ1n) is 9.65. The molecule has 0 saturated carbocycles. The lowest BCUT2D eigenvalue weighted by molar-refractivity contribution is -0.116. The van der Waals surface area contributed by atoms with Crippen LogP contribution in [0, 0.1) is 19.7 Å². The van der Waals surface area contributed by atoms with E-state index in [2.05, 4.69) is 15.3 Å². The molecule has 0 aliphatic carbocycles. The Kier molecular flexibility index (Phi) is 6.25. The van der Waals surface area contributed by atoms with E-state index in [0.29, 0.717) is 21.5 Å². The Balaban J connectivity index is 1.59. The Bertz CT molecular complexity index is 1250. The van der Waals surface area contributed by atoms with Gasteiger partial charge in [0.25, 0.3) is 0 Å². The highest BCUT2D eigenvalue weighted by Gasteiger charge is 2.16. The van der Waals surface area contributed by atoms with Crippen LogP contribution in [-0.4, -0.2) is 20.4 Å². The molecule has 0 spiro atoms. The second-order valence-corrected chi connectivity index (χ2v) is 8.53. The predicted octanol–water partition coefficient (Wildman–Crippen LogP) is 5.77. The molecule has 0 bridgehead atoms. The number of benzene rings is 2. The van der Waals surface area contributed by atoms with Crippen LogP contribution in [0.15, 0.2) is 60.0 Å². The van der Waals surface area contributed by atoms with Crippen LogP contribution in [0.25, 0.3) is 11.0 Å². The average Bonchev–Trinajstić information content (AvgIpc) is 3.08. The molecule has 0 saturated heterocycles. The van der Waals surface area contributed by atoms with Gasteiger partial charge in [0.05, 0.1) is 17.2 Å². The molecule has 0 radical (unpaired) electrons. The molecule has 8 heteroatoms. The van der Waals surface area contributed by atoms with Gasteiger partial charge in [-0.05, 0) is 55.3 Å². The van der Waals surface area contributed by atoms with Crippen molar-refractivity contribution in [3.05, 3.63) is 82.4 Å². The number of aryl methyl sites for hydroxylation is 2. The van der Waals surface area contributed by atoms with Crippen LogP contribution in [0.3, 0.4) is 0 Å². The molecule has 1 amide bonds. The maximum Gasteiger partial charge on any atom is 0.244 e. The van der Waals surface area contributed by atoms with Gasteiger partial charge in [-0.1, -0.05) is 35.5 Å². The molecule has 31 heavy (non-hydrogen) atoms. The fourth-order valence-corrected chi connectivity index (χ4v) is 4.54. The van der Waals surface area contributed by atoms with Crippen molar-refractivity contribution in [3.8, 4) is 0 Å². The Labute approximate surface area is 188 Å². The molecule has 4 rings (SSSR count). The summed E-state index contributed by atoms with van der Waals surface area (Å²) in [5.74, 6) is -0.255. The zero-order chi connectivity index (χ0) is 22.0. The van der Waals surface area contributed by atoms with Crippen LogP contribution in [0.2, 0.25) is 5.02 Å². The summed E-state index contributed by atoms with van der Waals surface area (Å²) in [6.07, 6.45) is 3.32. The van der Waals surface area contributed by atoms with Crippen LogP contribution >= 0.6 is 23.4 Å². The van der Waals surface area contributed by atoms with Gasteiger partial charge >= 0.3 is 0 Å². The zero-order valence-electron chi connectivity index (χ0n) is 17.0. The van der Waals surface area contributed by atoms with Gasteiger partial charge < -0.3 is 9.88 Å². The number of thioether (sulfide) groups is 1. The summed E-state index contributed by atoms with van der Waals surface area (Å²) in [5, 5.41) is 3.89. The summed E-state index contributed by atoms with van der Waals surface area (Å²) < 4.78 is 16.0. The van der Waals surface area contributed by atoms with E-state index >= 15 is 0 Å². The Morgan fingerprint density at radius 2 is 2.03 bits per heavy atom. The lowest BCUT2D eigenvalue weighted by Crippen LogP contribution is -2.19. The van der Waals surface area contributed by atoms with E-state index in [9.17, 15) is 9.18 Å². The molecule has 0 atom stereocenters. The van der Waals surface area contributed by atoms with Crippen molar-refractivity contribution in [2.75, 3.05) is 5.32 Å². The first kappa shape index (κ1) is 21.3. The van der Waals surface area contributed by atoms with Crippen molar-refractivity contribution in [1.29, 1.82) is 0 Å². The second-order valence-electron chi connectivity index (χ2n) is 7.18. The van der Waals surface area contributed by atoms with E-state index in [1.807, 2.05) is 32.0 Å². The summed E-state index contributed by atoms with van der Waals surface area (Å²) in [6.45, 7) is 4.09. The third-order valence-electron chi connectivity index (χ3n) is 5.02. The van der Waals surface area contributed by atoms with Crippen molar-refractivity contribution in [1.82, 2.24) is 14.5 Å². The van der Waals surface area contributed by atoms with Gasteiger partial charge in [-0.25, -0.2) is 9.37 Å².